The minimum Gasteiger partial charge on any atom is -0.493 e. The third-order valence-corrected chi connectivity index (χ3v) is 7.10. The molecule has 0 bridgehead atoms. The fourth-order valence-corrected chi connectivity index (χ4v) is 5.44. The molecule has 1 aromatic carbocycles. The Morgan fingerprint density at radius 1 is 1.15 bits per heavy atom. The molecule has 3 rings (SSSR count). The van der Waals surface area contributed by atoms with Crippen molar-refractivity contribution in [1.82, 2.24) is 4.90 Å². The molecule has 1 fully saturated rings. The minimum atomic E-state index is -1.08. The average Bonchev–Trinajstić information content (AvgIpc) is 2.79. The Labute approximate surface area is 202 Å². The Balaban J connectivity index is 1.69. The Hall–Kier alpha value is -2.32. The third-order valence-electron chi connectivity index (χ3n) is 7.10. The normalized spacial score (nSPS) is 23.1. The molecular weight excluding hydrogens is 438 g/mol. The van der Waals surface area contributed by atoms with Crippen LogP contribution in [-0.4, -0.2) is 67.1 Å². The summed E-state index contributed by atoms with van der Waals surface area (Å²) in [4.78, 5) is 25.6. The number of nitrogens with zero attached hydrogens (tertiary/aromatic N) is 1. The summed E-state index contributed by atoms with van der Waals surface area (Å²) >= 11 is 0. The van der Waals surface area contributed by atoms with E-state index >= 15 is 0 Å². The summed E-state index contributed by atoms with van der Waals surface area (Å²) in [6.07, 6.45) is 1.65. The molecule has 8 nitrogen and oxygen atoms in total. The average molecular weight is 478 g/mol. The van der Waals surface area contributed by atoms with Crippen molar-refractivity contribution in [2.45, 2.75) is 64.5 Å². The number of carbonyl (C=O) groups is 2. The highest BCUT2D eigenvalue weighted by molar-refractivity contribution is 5.70. The first-order valence-electron chi connectivity index (χ1n) is 12.3. The van der Waals surface area contributed by atoms with Crippen LogP contribution in [0.1, 0.15) is 63.1 Å². The number of hydrogen-bond donors (Lipinski definition) is 2. The van der Waals surface area contributed by atoms with Crippen LogP contribution in [0.3, 0.4) is 0 Å². The molecule has 0 saturated carbocycles. The number of piperidine rings is 1. The summed E-state index contributed by atoms with van der Waals surface area (Å²) in [6, 6.07) is 4.43. The first-order valence-corrected chi connectivity index (χ1v) is 12.3. The van der Waals surface area contributed by atoms with Crippen LogP contribution in [0.5, 0.6) is 11.5 Å². The van der Waals surface area contributed by atoms with E-state index < -0.39 is 12.1 Å². The zero-order chi connectivity index (χ0) is 24.8. The summed E-state index contributed by atoms with van der Waals surface area (Å²) in [7, 11) is 3.31. The summed E-state index contributed by atoms with van der Waals surface area (Å²) < 4.78 is 16.7. The van der Waals surface area contributed by atoms with Gasteiger partial charge in [0.25, 0.3) is 0 Å². The summed E-state index contributed by atoms with van der Waals surface area (Å²) in [5.41, 5.74) is 2.55. The van der Waals surface area contributed by atoms with Crippen LogP contribution in [0, 0.1) is 17.8 Å². The quantitative estimate of drug-likeness (QED) is 0.467. The van der Waals surface area contributed by atoms with E-state index in [2.05, 4.69) is 30.9 Å². The van der Waals surface area contributed by atoms with E-state index in [1.807, 2.05) is 0 Å². The van der Waals surface area contributed by atoms with Crippen LogP contribution in [0.2, 0.25) is 0 Å². The van der Waals surface area contributed by atoms with Crippen molar-refractivity contribution in [1.29, 1.82) is 0 Å². The Kier molecular flexibility index (Phi) is 9.19. The van der Waals surface area contributed by atoms with E-state index in [1.54, 1.807) is 14.2 Å². The topological polar surface area (TPSA) is 106 Å². The number of aliphatic carboxylic acids is 1. The number of carboxylic acid groups (broad SMARTS) is 1. The summed E-state index contributed by atoms with van der Waals surface area (Å²) in [6.45, 7) is 6.76. The largest absolute Gasteiger partial charge is 0.493 e. The van der Waals surface area contributed by atoms with Gasteiger partial charge in [0.05, 0.1) is 33.4 Å². The first kappa shape index (κ1) is 26.3. The highest BCUT2D eigenvalue weighted by Gasteiger charge is 2.40. The minimum absolute atomic E-state index is 0.0192. The zero-order valence-corrected chi connectivity index (χ0v) is 20.8. The van der Waals surface area contributed by atoms with Crippen molar-refractivity contribution in [3.05, 3.63) is 23.3 Å². The fraction of sp³-hybridized carbons (Fsp3) is 0.692. The molecule has 1 saturated heterocycles. The summed E-state index contributed by atoms with van der Waals surface area (Å²) in [5.74, 6) is 1.23. The van der Waals surface area contributed by atoms with Crippen LogP contribution in [0.15, 0.2) is 12.1 Å². The van der Waals surface area contributed by atoms with Crippen molar-refractivity contribution < 1.29 is 34.0 Å². The van der Waals surface area contributed by atoms with Crippen molar-refractivity contribution in [3.63, 3.8) is 0 Å². The maximum atomic E-state index is 12.3. The molecule has 1 unspecified atom stereocenters. The number of hydrogen-bond acceptors (Lipinski definition) is 7. The number of benzene rings is 1. The number of carbonyl (C=O) groups excluding carboxylic acids is 1. The standard InChI is InChI=1S/C26H39NO7/c1-16(2)9-18-14-27-8-7-17-11-23(32-3)24(33-4)13-21(17)22(27)10-19(18)15-34-26(31)6-5-20(28)12-25(29)30/h11,13,16,18-20,22,28H,5-10,12,14-15H2,1-4H3,(H,29,30)/t18-,19+,20?,22-/m1/s1. The number of rotatable bonds is 11. The molecule has 190 valence electrons. The number of methoxy groups -OCH3 is 2. The molecule has 0 spiro atoms. The van der Waals surface area contributed by atoms with Gasteiger partial charge in [0.2, 0.25) is 0 Å². The number of fused-ring (bicyclic) bond motifs is 3. The monoisotopic (exact) mass is 477 g/mol. The fourth-order valence-electron chi connectivity index (χ4n) is 5.44. The van der Waals surface area contributed by atoms with Gasteiger partial charge in [-0.1, -0.05) is 13.8 Å². The van der Waals surface area contributed by atoms with E-state index in [0.717, 1.165) is 43.9 Å². The smallest absolute Gasteiger partial charge is 0.305 e. The highest BCUT2D eigenvalue weighted by Crippen LogP contribution is 2.45. The van der Waals surface area contributed by atoms with Crippen molar-refractivity contribution in [2.75, 3.05) is 33.9 Å². The molecule has 0 aromatic heterocycles. The van der Waals surface area contributed by atoms with E-state index in [-0.39, 0.29) is 37.2 Å². The summed E-state index contributed by atoms with van der Waals surface area (Å²) in [5, 5.41) is 18.5. The molecule has 34 heavy (non-hydrogen) atoms. The van der Waals surface area contributed by atoms with E-state index in [4.69, 9.17) is 19.3 Å². The van der Waals surface area contributed by atoms with Crippen LogP contribution in [0.4, 0.5) is 0 Å². The van der Waals surface area contributed by atoms with Crippen molar-refractivity contribution in [3.8, 4) is 11.5 Å². The van der Waals surface area contributed by atoms with Gasteiger partial charge in [0.15, 0.2) is 11.5 Å². The molecule has 0 radical (unpaired) electrons. The molecule has 4 atom stereocenters. The second-order valence-electron chi connectivity index (χ2n) is 10.0. The van der Waals surface area contributed by atoms with Gasteiger partial charge in [-0.3, -0.25) is 14.5 Å². The number of aliphatic hydroxyl groups is 1. The second-order valence-corrected chi connectivity index (χ2v) is 10.0. The number of carboxylic acids is 1. The molecule has 2 heterocycles. The zero-order valence-electron chi connectivity index (χ0n) is 20.8. The van der Waals surface area contributed by atoms with Crippen molar-refractivity contribution in [2.24, 2.45) is 17.8 Å². The number of aliphatic hydroxyl groups excluding tert-OH is 1. The molecule has 0 amide bonds. The molecule has 1 aromatic rings. The van der Waals surface area contributed by atoms with Crippen LogP contribution < -0.4 is 9.47 Å². The molecule has 0 aliphatic carbocycles. The Bertz CT molecular complexity index is 856. The van der Waals surface area contributed by atoms with Gasteiger partial charge >= 0.3 is 11.9 Å². The Morgan fingerprint density at radius 2 is 1.85 bits per heavy atom. The second kappa shape index (κ2) is 11.9. The van der Waals surface area contributed by atoms with Gasteiger partial charge in [0.1, 0.15) is 0 Å². The first-order chi connectivity index (χ1) is 16.2. The molecular formula is C26H39NO7. The van der Waals surface area contributed by atoms with Crippen molar-refractivity contribution >= 4 is 11.9 Å². The number of ether oxygens (including phenoxy) is 3. The van der Waals surface area contributed by atoms with Gasteiger partial charge in [0, 0.05) is 25.6 Å². The van der Waals surface area contributed by atoms with Gasteiger partial charge in [-0.25, -0.2) is 0 Å². The lowest BCUT2D eigenvalue weighted by Crippen LogP contribution is -2.47. The van der Waals surface area contributed by atoms with Crippen LogP contribution >= 0.6 is 0 Å². The predicted octanol–water partition coefficient (Wildman–Crippen LogP) is 3.44. The SMILES string of the molecule is COc1cc2c(cc1OC)[C@H]1C[C@@H](COC(=O)CCC(O)CC(=O)O)[C@H](CC(C)C)CN1CC2. The highest BCUT2D eigenvalue weighted by atomic mass is 16.5. The molecule has 2 N–H and O–H groups in total. The van der Waals surface area contributed by atoms with Gasteiger partial charge in [-0.2, -0.15) is 0 Å². The Morgan fingerprint density at radius 3 is 2.50 bits per heavy atom. The molecule has 2 aliphatic heterocycles. The van der Waals surface area contributed by atoms with E-state index in [9.17, 15) is 14.7 Å². The number of esters is 1. The predicted molar refractivity (Wildman–Crippen MR) is 127 cm³/mol. The van der Waals surface area contributed by atoms with E-state index in [1.165, 1.54) is 11.1 Å². The van der Waals surface area contributed by atoms with Gasteiger partial charge < -0.3 is 24.4 Å². The van der Waals surface area contributed by atoms with Gasteiger partial charge in [-0.05, 0) is 66.7 Å². The lowest BCUT2D eigenvalue weighted by Gasteiger charge is -2.47. The lowest BCUT2D eigenvalue weighted by molar-refractivity contribution is -0.148. The maximum Gasteiger partial charge on any atom is 0.305 e. The molecule has 8 heteroatoms. The molecule has 2 aliphatic rings. The third kappa shape index (κ3) is 6.63. The lowest BCUT2D eigenvalue weighted by atomic mass is 9.74. The van der Waals surface area contributed by atoms with E-state index in [0.29, 0.717) is 18.4 Å². The maximum absolute atomic E-state index is 12.3. The van der Waals surface area contributed by atoms with Gasteiger partial charge in [-0.15, -0.1) is 0 Å². The van der Waals surface area contributed by atoms with Crippen LogP contribution in [0.25, 0.3) is 0 Å². The van der Waals surface area contributed by atoms with Crippen LogP contribution in [-0.2, 0) is 20.7 Å².